The van der Waals surface area contributed by atoms with Gasteiger partial charge in [0.1, 0.15) is 24.0 Å². The fraction of sp³-hybridized carbons (Fsp3) is 0.0877. The fourth-order valence-corrected chi connectivity index (χ4v) is 8.60. The van der Waals surface area contributed by atoms with Crippen LogP contribution in [0.5, 0.6) is 11.5 Å². The number of ether oxygens (including phenoxy) is 1. The van der Waals surface area contributed by atoms with Crippen LogP contribution in [-0.2, 0) is 5.41 Å². The molecule has 0 saturated heterocycles. The lowest BCUT2D eigenvalue weighted by molar-refractivity contribution is 0.483. The number of para-hydroxylation sites is 3. The third-order valence-electron chi connectivity index (χ3n) is 11.6. The molecule has 4 heterocycles. The quantitative estimate of drug-likeness (QED) is 0.159. The van der Waals surface area contributed by atoms with Gasteiger partial charge in [0.2, 0.25) is 0 Å². The summed E-state index contributed by atoms with van der Waals surface area (Å²) in [6.45, 7) is 6.64. The van der Waals surface area contributed by atoms with Crippen molar-refractivity contribution < 1.29 is 18.4 Å². The van der Waals surface area contributed by atoms with E-state index in [0.29, 0.717) is 17.2 Å². The summed E-state index contributed by atoms with van der Waals surface area (Å²) in [5, 5.41) is 0. The zero-order chi connectivity index (χ0) is 51.2. The third kappa shape index (κ3) is 6.86. The Labute approximate surface area is 383 Å². The lowest BCUT2D eigenvalue weighted by Gasteiger charge is -2.28. The van der Waals surface area contributed by atoms with Crippen LogP contribution >= 0.6 is 0 Å². The van der Waals surface area contributed by atoms with Crippen LogP contribution in [0.4, 0.5) is 39.9 Å². The minimum Gasteiger partial charge on any atom is -0.457 e. The van der Waals surface area contributed by atoms with E-state index in [2.05, 4.69) is 54.9 Å². The number of benzene rings is 7. The molecular weight excluding hydrogens is 771 g/mol. The fourth-order valence-electron chi connectivity index (χ4n) is 8.60. The molecule has 0 unspecified atom stereocenters. The van der Waals surface area contributed by atoms with Gasteiger partial charge in [-0.3, -0.25) is 9.88 Å². The zero-order valence-electron chi connectivity index (χ0n) is 44.7. The molecule has 9 aromatic rings. The predicted molar refractivity (Wildman–Crippen MR) is 259 cm³/mol. The molecule has 2 aliphatic heterocycles. The number of hydrogen-bond donors (Lipinski definition) is 0. The molecule has 304 valence electrons. The van der Waals surface area contributed by atoms with Crippen molar-refractivity contribution in [2.45, 2.75) is 26.2 Å². The number of fused-ring (bicyclic) bond motifs is 6. The van der Waals surface area contributed by atoms with Crippen molar-refractivity contribution in [1.82, 2.24) is 9.97 Å². The molecule has 0 spiro atoms. The van der Waals surface area contributed by atoms with Gasteiger partial charge in [0.15, 0.2) is 0 Å². The molecule has 0 atom stereocenters. The van der Waals surface area contributed by atoms with Gasteiger partial charge in [0.05, 0.1) is 48.3 Å². The van der Waals surface area contributed by atoms with E-state index < -0.39 is 60.4 Å². The Morgan fingerprint density at radius 1 is 0.524 bits per heavy atom. The molecule has 0 fully saturated rings. The maximum Gasteiger partial charge on any atom is 0.137 e. The Morgan fingerprint density at radius 3 is 1.84 bits per heavy atom. The van der Waals surface area contributed by atoms with Crippen LogP contribution in [0, 0.1) is 0 Å². The first-order chi connectivity index (χ1) is 35.0. The van der Waals surface area contributed by atoms with E-state index in [0.717, 1.165) is 56.4 Å². The zero-order valence-corrected chi connectivity index (χ0v) is 34.7. The summed E-state index contributed by atoms with van der Waals surface area (Å²) in [5.74, 6) is 1.83. The van der Waals surface area contributed by atoms with Crippen LogP contribution in [0.2, 0.25) is 0 Å². The van der Waals surface area contributed by atoms with Gasteiger partial charge in [-0.15, -0.1) is 0 Å². The van der Waals surface area contributed by atoms with Gasteiger partial charge in [-0.2, -0.15) is 0 Å². The molecule has 2 aromatic heterocycles. The molecule has 6 nitrogen and oxygen atoms in total. The Balaban J connectivity index is 1.03. The predicted octanol–water partition coefficient (Wildman–Crippen LogP) is 15.3. The summed E-state index contributed by atoms with van der Waals surface area (Å²) >= 11 is 0. The van der Waals surface area contributed by atoms with Crippen molar-refractivity contribution in [3.63, 3.8) is 0 Å². The summed E-state index contributed by atoms with van der Waals surface area (Å²) in [6.07, 6.45) is 5.52. The standard InChI is InChI=1S/C57H45N5O/c1-57(2,3)41-30-33-59-55(34-41)62-53-36-44(28-29-49(53)47-22-10-11-23-48(47)50-31-32-58-37-54(50)62)63-43-21-14-20-42(35-43)60-38-61(52-27-13-12-26-51(52)60)56-45(39-16-6-4-7-17-39)24-15-25-46(56)40-18-8-5-9-19-40/h4-37H,38H2,1-3H3/i4D,5D,6D,7D,8D,9D,16D,17D,18D,19D. The summed E-state index contributed by atoms with van der Waals surface area (Å²) in [4.78, 5) is 15.6. The number of hydrogen-bond acceptors (Lipinski definition) is 6. The maximum absolute atomic E-state index is 9.06. The van der Waals surface area contributed by atoms with Crippen LogP contribution in [0.25, 0.3) is 44.5 Å². The lowest BCUT2D eigenvalue weighted by atomic mass is 9.87. The number of nitrogens with zero attached hydrogens (tertiary/aromatic N) is 5. The van der Waals surface area contributed by atoms with E-state index in [9.17, 15) is 0 Å². The van der Waals surface area contributed by atoms with Gasteiger partial charge in [-0.05, 0) is 87.8 Å². The summed E-state index contributed by atoms with van der Waals surface area (Å²) in [6, 6.07) is 35.6. The highest BCUT2D eigenvalue weighted by Crippen LogP contribution is 2.53. The first-order valence-electron chi connectivity index (χ1n) is 25.7. The SMILES string of the molecule is [2H]c1c([2H])c([2H])c(-c2cccc(-c3c([2H])c([2H])c([2H])c([2H])c3[2H])c2N2CN(c3cccc(Oc4ccc5c(c4)N(c4cc(C(C)(C)C)ccn4)c4cnccc4-c4ccccc4-5)c3)c3ccccc32)c([2H])c1[2H]. The molecule has 2 aliphatic rings. The molecule has 0 bridgehead atoms. The molecule has 6 heteroatoms. The Morgan fingerprint density at radius 2 is 1.14 bits per heavy atom. The average Bonchev–Trinajstić information content (AvgIpc) is 3.73. The Hall–Kier alpha value is -7.96. The average molecular weight is 826 g/mol. The number of rotatable bonds is 7. The van der Waals surface area contributed by atoms with Gasteiger partial charge in [-0.25, -0.2) is 4.98 Å². The van der Waals surface area contributed by atoms with Crippen molar-refractivity contribution in [3.05, 3.63) is 212 Å². The molecule has 0 aliphatic carbocycles. The normalized spacial score (nSPS) is 15.1. The molecule has 0 N–H and O–H groups in total. The summed E-state index contributed by atoms with van der Waals surface area (Å²) in [5.41, 5.74) is 9.47. The van der Waals surface area contributed by atoms with Crippen LogP contribution in [-0.4, -0.2) is 16.6 Å². The molecule has 63 heavy (non-hydrogen) atoms. The van der Waals surface area contributed by atoms with Crippen molar-refractivity contribution in [1.29, 1.82) is 0 Å². The van der Waals surface area contributed by atoms with Crippen molar-refractivity contribution in [3.8, 4) is 56.0 Å². The largest absolute Gasteiger partial charge is 0.457 e. The molecule has 0 saturated carbocycles. The van der Waals surface area contributed by atoms with E-state index >= 15 is 0 Å². The van der Waals surface area contributed by atoms with Gasteiger partial charge in [0.25, 0.3) is 0 Å². The second kappa shape index (κ2) is 15.5. The number of aromatic nitrogens is 2. The Kier molecular flexibility index (Phi) is 7.02. The monoisotopic (exact) mass is 825 g/mol. The molecule has 7 aromatic carbocycles. The van der Waals surface area contributed by atoms with E-state index in [4.69, 9.17) is 23.4 Å². The minimum absolute atomic E-state index is 0.0956. The summed E-state index contributed by atoms with van der Waals surface area (Å²) in [7, 11) is 0. The van der Waals surface area contributed by atoms with E-state index in [1.165, 1.54) is 0 Å². The number of anilines is 7. The van der Waals surface area contributed by atoms with Crippen LogP contribution in [0.3, 0.4) is 0 Å². The highest BCUT2D eigenvalue weighted by Gasteiger charge is 2.32. The van der Waals surface area contributed by atoms with Gasteiger partial charge in [-0.1, -0.05) is 142 Å². The van der Waals surface area contributed by atoms with E-state index in [1.54, 1.807) is 24.4 Å². The highest BCUT2D eigenvalue weighted by atomic mass is 16.5. The molecule has 0 radical (unpaired) electrons. The van der Waals surface area contributed by atoms with Gasteiger partial charge in [0, 0.05) is 52.5 Å². The minimum atomic E-state index is -0.555. The maximum atomic E-state index is 9.06. The van der Waals surface area contributed by atoms with Crippen molar-refractivity contribution >= 4 is 39.9 Å². The second-order valence-corrected chi connectivity index (χ2v) is 16.4. The lowest BCUT2D eigenvalue weighted by Crippen LogP contribution is -2.24. The van der Waals surface area contributed by atoms with E-state index in [-0.39, 0.29) is 40.0 Å². The molecule has 0 amide bonds. The highest BCUT2D eigenvalue weighted by molar-refractivity contribution is 6.02. The van der Waals surface area contributed by atoms with E-state index in [1.807, 2.05) is 107 Å². The van der Waals surface area contributed by atoms with Gasteiger partial charge >= 0.3 is 0 Å². The van der Waals surface area contributed by atoms with Crippen molar-refractivity contribution in [2.75, 3.05) is 21.4 Å². The van der Waals surface area contributed by atoms with Crippen LogP contribution in [0.1, 0.15) is 40.0 Å². The number of pyridine rings is 2. The first kappa shape index (κ1) is 28.5. The van der Waals surface area contributed by atoms with Gasteiger partial charge < -0.3 is 14.5 Å². The van der Waals surface area contributed by atoms with Crippen LogP contribution in [0.15, 0.2) is 206 Å². The smallest absolute Gasteiger partial charge is 0.137 e. The Bertz CT molecular complexity index is 3600. The second-order valence-electron chi connectivity index (χ2n) is 16.4. The molecular formula is C57H45N5O. The summed E-state index contributed by atoms with van der Waals surface area (Å²) < 4.78 is 94.2. The first-order valence-corrected chi connectivity index (χ1v) is 20.7. The third-order valence-corrected chi connectivity index (χ3v) is 11.6. The van der Waals surface area contributed by atoms with Crippen LogP contribution < -0.4 is 19.4 Å². The topological polar surface area (TPSA) is 44.7 Å². The van der Waals surface area contributed by atoms with Crippen molar-refractivity contribution in [2.24, 2.45) is 0 Å². The molecule has 11 rings (SSSR count).